The first-order valence-corrected chi connectivity index (χ1v) is 6.40. The molecule has 1 aliphatic rings. The van der Waals surface area contributed by atoms with E-state index in [0.29, 0.717) is 23.0 Å². The van der Waals surface area contributed by atoms with Crippen LogP contribution in [0.5, 0.6) is 0 Å². The quantitative estimate of drug-likeness (QED) is 0.781. The van der Waals surface area contributed by atoms with E-state index >= 15 is 0 Å². The molecule has 2 rings (SSSR count). The molecule has 19 heavy (non-hydrogen) atoms. The predicted molar refractivity (Wildman–Crippen MR) is 70.9 cm³/mol. The van der Waals surface area contributed by atoms with Crippen LogP contribution in [0.1, 0.15) is 23.2 Å². The lowest BCUT2D eigenvalue weighted by Crippen LogP contribution is -2.37. The van der Waals surface area contributed by atoms with Gasteiger partial charge < -0.3 is 15.7 Å². The summed E-state index contributed by atoms with van der Waals surface area (Å²) in [5.74, 6) is -1.58. The number of anilines is 1. The van der Waals surface area contributed by atoms with Crippen LogP contribution in [0, 0.1) is 0 Å². The molecule has 0 aromatic heterocycles. The van der Waals surface area contributed by atoms with Crippen LogP contribution in [0.3, 0.4) is 0 Å². The average molecular weight is 327 g/mol. The second kappa shape index (κ2) is 5.40. The minimum Gasteiger partial charge on any atom is -0.478 e. The summed E-state index contributed by atoms with van der Waals surface area (Å²) in [5.41, 5.74) is 0.444. The molecule has 0 radical (unpaired) electrons. The van der Waals surface area contributed by atoms with Crippen molar-refractivity contribution in [3.8, 4) is 0 Å². The van der Waals surface area contributed by atoms with Gasteiger partial charge in [0.2, 0.25) is 11.8 Å². The van der Waals surface area contributed by atoms with Crippen LogP contribution < -0.4 is 10.6 Å². The molecule has 1 fully saturated rings. The zero-order valence-corrected chi connectivity index (χ0v) is 11.4. The fourth-order valence-corrected chi connectivity index (χ4v) is 2.22. The number of carbonyl (C=O) groups is 3. The summed E-state index contributed by atoms with van der Waals surface area (Å²) >= 11 is 3.12. The van der Waals surface area contributed by atoms with Crippen molar-refractivity contribution < 1.29 is 19.5 Å². The molecule has 1 atom stereocenters. The molecule has 6 nitrogen and oxygen atoms in total. The van der Waals surface area contributed by atoms with Crippen molar-refractivity contribution in [3.05, 3.63) is 28.2 Å². The van der Waals surface area contributed by atoms with Gasteiger partial charge >= 0.3 is 5.97 Å². The van der Waals surface area contributed by atoms with Gasteiger partial charge in [0.15, 0.2) is 0 Å². The summed E-state index contributed by atoms with van der Waals surface area (Å²) in [6.07, 6.45) is 0.784. The Balaban J connectivity index is 2.11. The highest BCUT2D eigenvalue weighted by atomic mass is 79.9. The van der Waals surface area contributed by atoms with E-state index in [9.17, 15) is 14.4 Å². The van der Waals surface area contributed by atoms with Gasteiger partial charge in [-0.05, 0) is 40.5 Å². The minimum atomic E-state index is -1.09. The van der Waals surface area contributed by atoms with E-state index in [-0.39, 0.29) is 17.4 Å². The summed E-state index contributed by atoms with van der Waals surface area (Å²) in [6, 6.07) is 3.95. The lowest BCUT2D eigenvalue weighted by Gasteiger charge is -2.11. The summed E-state index contributed by atoms with van der Waals surface area (Å²) in [7, 11) is 0. The molecule has 0 aliphatic carbocycles. The summed E-state index contributed by atoms with van der Waals surface area (Å²) in [5, 5.41) is 14.1. The van der Waals surface area contributed by atoms with Gasteiger partial charge in [-0.15, -0.1) is 0 Å². The topological polar surface area (TPSA) is 95.5 Å². The van der Waals surface area contributed by atoms with E-state index in [4.69, 9.17) is 5.11 Å². The van der Waals surface area contributed by atoms with Crippen LogP contribution in [0.25, 0.3) is 0 Å². The van der Waals surface area contributed by atoms with Crippen LogP contribution in [-0.4, -0.2) is 28.9 Å². The predicted octanol–water partition coefficient (Wildman–Crippen LogP) is 1.36. The summed E-state index contributed by atoms with van der Waals surface area (Å²) < 4.78 is 0.437. The molecule has 1 unspecified atom stereocenters. The van der Waals surface area contributed by atoms with Gasteiger partial charge in [0.1, 0.15) is 6.04 Å². The Bertz CT molecular complexity index is 559. The van der Waals surface area contributed by atoms with E-state index in [2.05, 4.69) is 26.6 Å². The first-order valence-electron chi connectivity index (χ1n) is 5.60. The van der Waals surface area contributed by atoms with Crippen molar-refractivity contribution in [1.82, 2.24) is 5.32 Å². The number of carboxylic acids is 1. The zero-order chi connectivity index (χ0) is 14.0. The average Bonchev–Trinajstić information content (AvgIpc) is 2.78. The van der Waals surface area contributed by atoms with Gasteiger partial charge in [0.05, 0.1) is 5.56 Å². The number of rotatable bonds is 3. The molecular weight excluding hydrogens is 316 g/mol. The van der Waals surface area contributed by atoms with Crippen molar-refractivity contribution in [1.29, 1.82) is 0 Å². The fourth-order valence-electron chi connectivity index (χ4n) is 1.81. The Morgan fingerprint density at radius 2 is 2.16 bits per heavy atom. The standard InChI is InChI=1S/C12H11BrN2O4/c13-8-2-1-6(5-7(8)12(18)19)14-11(17)9-3-4-10(16)15-9/h1-2,5,9H,3-4H2,(H,14,17)(H,15,16)(H,18,19). The van der Waals surface area contributed by atoms with E-state index in [1.165, 1.54) is 6.07 Å². The minimum absolute atomic E-state index is 0.0632. The van der Waals surface area contributed by atoms with Gasteiger partial charge in [-0.2, -0.15) is 0 Å². The van der Waals surface area contributed by atoms with Crippen LogP contribution in [0.2, 0.25) is 0 Å². The number of aromatic carboxylic acids is 1. The van der Waals surface area contributed by atoms with E-state index < -0.39 is 12.0 Å². The summed E-state index contributed by atoms with van der Waals surface area (Å²) in [4.78, 5) is 33.8. The van der Waals surface area contributed by atoms with Crippen molar-refractivity contribution in [2.45, 2.75) is 18.9 Å². The lowest BCUT2D eigenvalue weighted by molar-refractivity contribution is -0.122. The maximum atomic E-state index is 11.8. The molecule has 1 aliphatic heterocycles. The van der Waals surface area contributed by atoms with Gasteiger partial charge in [-0.25, -0.2) is 4.79 Å². The maximum Gasteiger partial charge on any atom is 0.336 e. The SMILES string of the molecule is O=C1CCC(C(=O)Nc2ccc(Br)c(C(=O)O)c2)N1. The zero-order valence-electron chi connectivity index (χ0n) is 9.77. The second-order valence-electron chi connectivity index (χ2n) is 4.15. The van der Waals surface area contributed by atoms with Crippen LogP contribution >= 0.6 is 15.9 Å². The molecule has 1 heterocycles. The largest absolute Gasteiger partial charge is 0.478 e. The maximum absolute atomic E-state index is 11.8. The van der Waals surface area contributed by atoms with Crippen molar-refractivity contribution >= 4 is 39.4 Å². The van der Waals surface area contributed by atoms with Crippen LogP contribution in [0.4, 0.5) is 5.69 Å². The highest BCUT2D eigenvalue weighted by molar-refractivity contribution is 9.10. The third-order valence-corrected chi connectivity index (χ3v) is 3.47. The molecule has 1 saturated heterocycles. The molecule has 7 heteroatoms. The lowest BCUT2D eigenvalue weighted by atomic mass is 10.2. The third kappa shape index (κ3) is 3.11. The number of nitrogens with one attached hydrogen (secondary N) is 2. The highest BCUT2D eigenvalue weighted by Gasteiger charge is 2.27. The molecule has 0 bridgehead atoms. The van der Waals surface area contributed by atoms with Crippen LogP contribution in [0.15, 0.2) is 22.7 Å². The number of hydrogen-bond donors (Lipinski definition) is 3. The van der Waals surface area contributed by atoms with E-state index in [1.54, 1.807) is 12.1 Å². The molecule has 2 amide bonds. The Kier molecular flexibility index (Phi) is 3.84. The number of carboxylic acid groups (broad SMARTS) is 1. The number of halogens is 1. The molecule has 1 aromatic carbocycles. The Morgan fingerprint density at radius 3 is 2.74 bits per heavy atom. The molecule has 100 valence electrons. The third-order valence-electron chi connectivity index (χ3n) is 2.78. The van der Waals surface area contributed by atoms with E-state index in [0.717, 1.165) is 0 Å². The van der Waals surface area contributed by atoms with E-state index in [1.807, 2.05) is 0 Å². The Morgan fingerprint density at radius 1 is 1.42 bits per heavy atom. The number of benzene rings is 1. The second-order valence-corrected chi connectivity index (χ2v) is 5.00. The van der Waals surface area contributed by atoms with Crippen molar-refractivity contribution in [3.63, 3.8) is 0 Å². The molecule has 3 N–H and O–H groups in total. The molecular formula is C12H11BrN2O4. The molecule has 0 spiro atoms. The fraction of sp³-hybridized carbons (Fsp3) is 0.250. The normalized spacial score (nSPS) is 17.9. The first kappa shape index (κ1) is 13.5. The van der Waals surface area contributed by atoms with Crippen LogP contribution in [-0.2, 0) is 9.59 Å². The van der Waals surface area contributed by atoms with Crippen molar-refractivity contribution in [2.24, 2.45) is 0 Å². The smallest absolute Gasteiger partial charge is 0.336 e. The highest BCUT2D eigenvalue weighted by Crippen LogP contribution is 2.21. The van der Waals surface area contributed by atoms with Gasteiger partial charge in [-0.3, -0.25) is 9.59 Å². The molecule has 0 saturated carbocycles. The van der Waals surface area contributed by atoms with Gasteiger partial charge in [0, 0.05) is 16.6 Å². The number of hydrogen-bond acceptors (Lipinski definition) is 3. The van der Waals surface area contributed by atoms with Gasteiger partial charge in [0.25, 0.3) is 0 Å². The number of amides is 2. The molecule has 1 aromatic rings. The monoisotopic (exact) mass is 326 g/mol. The van der Waals surface area contributed by atoms with Gasteiger partial charge in [-0.1, -0.05) is 0 Å². The summed E-state index contributed by atoms with van der Waals surface area (Å²) in [6.45, 7) is 0. The number of carbonyl (C=O) groups excluding carboxylic acids is 2. The first-order chi connectivity index (χ1) is 8.97. The van der Waals surface area contributed by atoms with Crippen molar-refractivity contribution in [2.75, 3.05) is 5.32 Å². The Labute approximate surface area is 117 Å². The Hall–Kier alpha value is -1.89.